The van der Waals surface area contributed by atoms with Crippen molar-refractivity contribution in [3.63, 3.8) is 0 Å². The third-order valence-electron chi connectivity index (χ3n) is 3.39. The van der Waals surface area contributed by atoms with Gasteiger partial charge in [-0.15, -0.1) is 0 Å². The highest BCUT2D eigenvalue weighted by molar-refractivity contribution is 5.47. The van der Waals surface area contributed by atoms with Crippen molar-refractivity contribution in [2.45, 2.75) is 19.3 Å². The van der Waals surface area contributed by atoms with Gasteiger partial charge in [0.25, 0.3) is 0 Å². The van der Waals surface area contributed by atoms with Gasteiger partial charge in [0.05, 0.1) is 0 Å². The second-order valence-corrected chi connectivity index (χ2v) is 4.77. The summed E-state index contributed by atoms with van der Waals surface area (Å²) in [6, 6.07) is 0. The second-order valence-electron chi connectivity index (χ2n) is 4.77. The van der Waals surface area contributed by atoms with Crippen LogP contribution in [0, 0.1) is 29.1 Å². The zero-order valence-electron chi connectivity index (χ0n) is 10.8. The molecular formula is C13H15F5N2. The second kappa shape index (κ2) is 6.39. The molecule has 1 N–H and O–H groups in total. The molecule has 0 saturated carbocycles. The van der Waals surface area contributed by atoms with Crippen molar-refractivity contribution in [3.05, 3.63) is 29.1 Å². The Labute approximate surface area is 113 Å². The molecule has 2 nitrogen and oxygen atoms in total. The lowest BCUT2D eigenvalue weighted by atomic mass is 10.1. The van der Waals surface area contributed by atoms with Crippen LogP contribution < -0.4 is 5.32 Å². The Kier molecular flexibility index (Phi) is 4.80. The molecule has 1 fully saturated rings. The van der Waals surface area contributed by atoms with Crippen LogP contribution in [0.5, 0.6) is 0 Å². The fourth-order valence-electron chi connectivity index (χ4n) is 2.28. The highest BCUT2D eigenvalue weighted by Crippen LogP contribution is 2.26. The van der Waals surface area contributed by atoms with Crippen LogP contribution in [-0.4, -0.2) is 31.1 Å². The molecule has 0 atom stereocenters. The van der Waals surface area contributed by atoms with Crippen molar-refractivity contribution in [2.75, 3.05) is 31.5 Å². The van der Waals surface area contributed by atoms with E-state index in [2.05, 4.69) is 10.2 Å². The molecule has 7 heteroatoms. The molecule has 0 spiro atoms. The summed E-state index contributed by atoms with van der Waals surface area (Å²) in [6.07, 6.45) is 3.27. The molecule has 0 bridgehead atoms. The SMILES string of the molecule is Fc1c(F)c(F)c(NCCN2CCCCC2)c(F)c1F. The van der Waals surface area contributed by atoms with Crippen molar-refractivity contribution >= 4 is 5.69 Å². The average molecular weight is 294 g/mol. The van der Waals surface area contributed by atoms with Crippen LogP contribution in [-0.2, 0) is 0 Å². The summed E-state index contributed by atoms with van der Waals surface area (Å²) in [5.41, 5.74) is -0.960. The smallest absolute Gasteiger partial charge is 0.200 e. The minimum Gasteiger partial charge on any atom is -0.379 e. The Morgan fingerprint density at radius 3 is 1.80 bits per heavy atom. The van der Waals surface area contributed by atoms with Crippen LogP contribution in [0.3, 0.4) is 0 Å². The predicted octanol–water partition coefficient (Wildman–Crippen LogP) is 3.28. The van der Waals surface area contributed by atoms with E-state index in [1.54, 1.807) is 0 Å². The monoisotopic (exact) mass is 294 g/mol. The number of anilines is 1. The largest absolute Gasteiger partial charge is 0.379 e. The van der Waals surface area contributed by atoms with Crippen molar-refractivity contribution in [3.8, 4) is 0 Å². The first-order valence-electron chi connectivity index (χ1n) is 6.50. The Morgan fingerprint density at radius 2 is 1.25 bits per heavy atom. The number of nitrogens with zero attached hydrogens (tertiary/aromatic N) is 1. The van der Waals surface area contributed by atoms with Gasteiger partial charge >= 0.3 is 0 Å². The van der Waals surface area contributed by atoms with Crippen LogP contribution in [0.15, 0.2) is 0 Å². The van der Waals surface area contributed by atoms with E-state index in [1.807, 2.05) is 0 Å². The summed E-state index contributed by atoms with van der Waals surface area (Å²) in [7, 11) is 0. The van der Waals surface area contributed by atoms with Crippen molar-refractivity contribution in [2.24, 2.45) is 0 Å². The fraction of sp³-hybridized carbons (Fsp3) is 0.538. The number of halogens is 5. The van der Waals surface area contributed by atoms with E-state index < -0.39 is 34.8 Å². The fourth-order valence-corrected chi connectivity index (χ4v) is 2.28. The summed E-state index contributed by atoms with van der Waals surface area (Å²) in [5, 5.41) is 2.30. The van der Waals surface area contributed by atoms with Gasteiger partial charge in [-0.2, -0.15) is 0 Å². The molecule has 2 rings (SSSR count). The first-order chi connectivity index (χ1) is 9.52. The van der Waals surface area contributed by atoms with Gasteiger partial charge in [-0.25, -0.2) is 22.0 Å². The molecule has 1 aromatic rings. The summed E-state index contributed by atoms with van der Waals surface area (Å²) in [5.74, 6) is -9.63. The van der Waals surface area contributed by atoms with Crippen LogP contribution in [0.4, 0.5) is 27.6 Å². The van der Waals surface area contributed by atoms with Crippen LogP contribution in [0.25, 0.3) is 0 Å². The number of benzene rings is 1. The molecule has 0 radical (unpaired) electrons. The van der Waals surface area contributed by atoms with E-state index in [-0.39, 0.29) is 6.54 Å². The normalized spacial score (nSPS) is 16.4. The molecule has 0 amide bonds. The van der Waals surface area contributed by atoms with Gasteiger partial charge < -0.3 is 10.2 Å². The summed E-state index contributed by atoms with van der Waals surface area (Å²) in [4.78, 5) is 2.09. The lowest BCUT2D eigenvalue weighted by molar-refractivity contribution is 0.237. The van der Waals surface area contributed by atoms with Gasteiger partial charge in [-0.05, 0) is 25.9 Å². The van der Waals surface area contributed by atoms with Gasteiger partial charge in [0.2, 0.25) is 5.82 Å². The van der Waals surface area contributed by atoms with Crippen LogP contribution >= 0.6 is 0 Å². The zero-order chi connectivity index (χ0) is 14.7. The number of likely N-dealkylation sites (tertiary alicyclic amines) is 1. The molecule has 0 aromatic heterocycles. The van der Waals surface area contributed by atoms with Gasteiger partial charge in [-0.1, -0.05) is 6.42 Å². The first kappa shape index (κ1) is 15.0. The maximum atomic E-state index is 13.4. The highest BCUT2D eigenvalue weighted by Gasteiger charge is 2.25. The van der Waals surface area contributed by atoms with Crippen LogP contribution in [0.1, 0.15) is 19.3 Å². The minimum absolute atomic E-state index is 0.123. The van der Waals surface area contributed by atoms with Gasteiger partial charge in [0.15, 0.2) is 23.3 Å². The topological polar surface area (TPSA) is 15.3 Å². The number of hydrogen-bond donors (Lipinski definition) is 1. The maximum Gasteiger partial charge on any atom is 0.200 e. The standard InChI is InChI=1S/C13H15F5N2/c14-8-9(15)11(17)13(12(18)10(8)16)19-4-7-20-5-2-1-3-6-20/h19H,1-7H2. The molecule has 1 aliphatic heterocycles. The molecule has 0 aliphatic carbocycles. The average Bonchev–Trinajstić information content (AvgIpc) is 2.48. The lowest BCUT2D eigenvalue weighted by Crippen LogP contribution is -2.34. The van der Waals surface area contributed by atoms with E-state index in [0.29, 0.717) is 6.54 Å². The van der Waals surface area contributed by atoms with Gasteiger partial charge in [0, 0.05) is 13.1 Å². The van der Waals surface area contributed by atoms with E-state index >= 15 is 0 Å². The Morgan fingerprint density at radius 1 is 0.750 bits per heavy atom. The Bertz CT molecular complexity index is 457. The maximum absolute atomic E-state index is 13.4. The first-order valence-corrected chi connectivity index (χ1v) is 6.50. The van der Waals surface area contributed by atoms with E-state index in [1.165, 1.54) is 0 Å². The highest BCUT2D eigenvalue weighted by atomic mass is 19.2. The number of piperidine rings is 1. The van der Waals surface area contributed by atoms with Gasteiger partial charge in [-0.3, -0.25) is 0 Å². The quantitative estimate of drug-likeness (QED) is 0.521. The molecule has 1 heterocycles. The number of rotatable bonds is 4. The predicted molar refractivity (Wildman–Crippen MR) is 65.0 cm³/mol. The molecule has 1 aliphatic rings. The molecule has 112 valence electrons. The van der Waals surface area contributed by atoms with Crippen molar-refractivity contribution in [1.82, 2.24) is 4.90 Å². The zero-order valence-corrected chi connectivity index (χ0v) is 10.8. The summed E-state index contributed by atoms with van der Waals surface area (Å²) < 4.78 is 65.5. The molecule has 20 heavy (non-hydrogen) atoms. The summed E-state index contributed by atoms with van der Waals surface area (Å²) >= 11 is 0. The minimum atomic E-state index is -2.14. The molecule has 1 saturated heterocycles. The van der Waals surface area contributed by atoms with E-state index in [0.717, 1.165) is 32.4 Å². The molecule has 1 aromatic carbocycles. The van der Waals surface area contributed by atoms with Crippen molar-refractivity contribution in [1.29, 1.82) is 0 Å². The Balaban J connectivity index is 2.02. The number of hydrogen-bond acceptors (Lipinski definition) is 2. The van der Waals surface area contributed by atoms with Crippen LogP contribution in [0.2, 0.25) is 0 Å². The Hall–Kier alpha value is -1.37. The lowest BCUT2D eigenvalue weighted by Gasteiger charge is -2.26. The third kappa shape index (κ3) is 3.03. The van der Waals surface area contributed by atoms with E-state index in [9.17, 15) is 22.0 Å². The van der Waals surface area contributed by atoms with Crippen molar-refractivity contribution < 1.29 is 22.0 Å². The summed E-state index contributed by atoms with van der Waals surface area (Å²) in [6.45, 7) is 2.40. The van der Waals surface area contributed by atoms with Gasteiger partial charge in [0.1, 0.15) is 5.69 Å². The third-order valence-corrected chi connectivity index (χ3v) is 3.39. The molecular weight excluding hydrogens is 279 g/mol. The number of nitrogens with one attached hydrogen (secondary N) is 1. The van der Waals surface area contributed by atoms with E-state index in [4.69, 9.17) is 0 Å². The molecule has 0 unspecified atom stereocenters.